The van der Waals surface area contributed by atoms with Crippen LogP contribution in [0.15, 0.2) is 33.4 Å². The van der Waals surface area contributed by atoms with Gasteiger partial charge in [-0.1, -0.05) is 23.2 Å². The van der Waals surface area contributed by atoms with E-state index in [0.29, 0.717) is 11.6 Å². The molecule has 0 unspecified atom stereocenters. The number of rotatable bonds is 4. The smallest absolute Gasteiger partial charge is 0.218 e. The van der Waals surface area contributed by atoms with Gasteiger partial charge in [0.15, 0.2) is 4.91 Å². The Morgan fingerprint density at radius 3 is 2.78 bits per heavy atom. The summed E-state index contributed by atoms with van der Waals surface area (Å²) in [5.41, 5.74) is 0.468. The molecule has 1 aromatic carbocycles. The predicted octanol–water partition coefficient (Wildman–Crippen LogP) is 4.67. The molecule has 1 saturated carbocycles. The second kappa shape index (κ2) is 6.25. The number of halogens is 2. The first-order valence-corrected chi connectivity index (χ1v) is 9.81. The number of aromatic nitrogens is 1. The van der Waals surface area contributed by atoms with Crippen molar-refractivity contribution >= 4 is 50.5 Å². The van der Waals surface area contributed by atoms with Crippen molar-refractivity contribution in [3.05, 3.63) is 49.2 Å². The van der Waals surface area contributed by atoms with Gasteiger partial charge in [0.05, 0.1) is 20.6 Å². The third kappa shape index (κ3) is 3.43. The Labute approximate surface area is 147 Å². The molecule has 0 amide bonds. The minimum absolute atomic E-state index is 0.0208. The Morgan fingerprint density at radius 1 is 1.39 bits per heavy atom. The van der Waals surface area contributed by atoms with Crippen molar-refractivity contribution in [1.29, 1.82) is 5.26 Å². The second-order valence-corrected chi connectivity index (χ2v) is 8.70. The average Bonchev–Trinajstić information content (AvgIpc) is 3.26. The quantitative estimate of drug-likeness (QED) is 0.718. The summed E-state index contributed by atoms with van der Waals surface area (Å²) in [5, 5.41) is 12.3. The van der Waals surface area contributed by atoms with E-state index in [1.165, 1.54) is 35.6 Å². The maximum absolute atomic E-state index is 12.6. The zero-order valence-corrected chi connectivity index (χ0v) is 14.8. The number of allylic oxidation sites excluding steroid dienone is 1. The van der Waals surface area contributed by atoms with Gasteiger partial charge in [0.1, 0.15) is 6.07 Å². The zero-order valence-electron chi connectivity index (χ0n) is 11.7. The first-order chi connectivity index (χ1) is 10.9. The molecule has 23 heavy (non-hydrogen) atoms. The van der Waals surface area contributed by atoms with Crippen LogP contribution < -0.4 is 0 Å². The van der Waals surface area contributed by atoms with Gasteiger partial charge in [-0.05, 0) is 37.1 Å². The summed E-state index contributed by atoms with van der Waals surface area (Å²) in [6.07, 6.45) is 3.49. The summed E-state index contributed by atoms with van der Waals surface area (Å²) in [6, 6.07) is 5.84. The molecule has 0 aliphatic heterocycles. The molecule has 0 spiro atoms. The van der Waals surface area contributed by atoms with E-state index < -0.39 is 14.7 Å². The SMILES string of the molecule is N#C/C(=C/c1csc(C2CC2)n1)S(=O)(=O)c1cc(Cl)ccc1Cl. The molecule has 0 bridgehead atoms. The number of benzene rings is 1. The minimum atomic E-state index is -4.05. The van der Waals surface area contributed by atoms with E-state index >= 15 is 0 Å². The normalized spacial score (nSPS) is 15.4. The van der Waals surface area contributed by atoms with E-state index in [1.807, 2.05) is 0 Å². The molecule has 2 aromatic rings. The van der Waals surface area contributed by atoms with Gasteiger partial charge in [-0.25, -0.2) is 13.4 Å². The zero-order chi connectivity index (χ0) is 16.6. The van der Waals surface area contributed by atoms with Gasteiger partial charge in [-0.15, -0.1) is 11.3 Å². The summed E-state index contributed by atoms with van der Waals surface area (Å²) >= 11 is 13.3. The molecule has 8 heteroatoms. The largest absolute Gasteiger partial charge is 0.242 e. The molecule has 0 saturated heterocycles. The highest BCUT2D eigenvalue weighted by atomic mass is 35.5. The molecule has 4 nitrogen and oxygen atoms in total. The van der Waals surface area contributed by atoms with Crippen molar-refractivity contribution < 1.29 is 8.42 Å². The van der Waals surface area contributed by atoms with E-state index in [0.717, 1.165) is 17.8 Å². The van der Waals surface area contributed by atoms with E-state index in [2.05, 4.69) is 4.98 Å². The summed E-state index contributed by atoms with van der Waals surface area (Å²) in [5.74, 6) is 0.478. The topological polar surface area (TPSA) is 70.8 Å². The van der Waals surface area contributed by atoms with Crippen LogP contribution in [0.2, 0.25) is 10.0 Å². The number of nitriles is 1. The van der Waals surface area contributed by atoms with Crippen LogP contribution in [0.25, 0.3) is 6.08 Å². The van der Waals surface area contributed by atoms with Crippen molar-refractivity contribution in [3.63, 3.8) is 0 Å². The van der Waals surface area contributed by atoms with Crippen LogP contribution in [0.5, 0.6) is 0 Å². The fourth-order valence-corrected chi connectivity index (χ4v) is 4.84. The molecule has 1 fully saturated rings. The number of thiazole rings is 1. The van der Waals surface area contributed by atoms with Gasteiger partial charge in [0, 0.05) is 16.3 Å². The second-order valence-electron chi connectivity index (χ2n) is 5.08. The van der Waals surface area contributed by atoms with Crippen molar-refractivity contribution in [1.82, 2.24) is 4.98 Å². The fraction of sp³-hybridized carbons (Fsp3) is 0.200. The molecular weight excluding hydrogens is 375 g/mol. The van der Waals surface area contributed by atoms with Gasteiger partial charge >= 0.3 is 0 Å². The Morgan fingerprint density at radius 2 is 2.13 bits per heavy atom. The Kier molecular flexibility index (Phi) is 4.47. The summed E-state index contributed by atoms with van der Waals surface area (Å²) in [6.45, 7) is 0. The van der Waals surface area contributed by atoms with Crippen LogP contribution in [0.4, 0.5) is 0 Å². The Hall–Kier alpha value is -1.39. The first kappa shape index (κ1) is 16.5. The van der Waals surface area contributed by atoms with Gasteiger partial charge in [0.2, 0.25) is 9.84 Å². The van der Waals surface area contributed by atoms with Crippen molar-refractivity contribution in [2.45, 2.75) is 23.7 Å². The number of nitrogens with zero attached hydrogens (tertiary/aromatic N) is 2. The monoisotopic (exact) mass is 384 g/mol. The lowest BCUT2D eigenvalue weighted by Crippen LogP contribution is -2.04. The number of hydrogen-bond acceptors (Lipinski definition) is 5. The Bertz CT molecular complexity index is 939. The highest BCUT2D eigenvalue weighted by molar-refractivity contribution is 7.95. The van der Waals surface area contributed by atoms with Crippen molar-refractivity contribution in [2.24, 2.45) is 0 Å². The minimum Gasteiger partial charge on any atom is -0.242 e. The molecule has 3 rings (SSSR count). The molecular formula is C15H10Cl2N2O2S2. The maximum atomic E-state index is 12.6. The highest BCUT2D eigenvalue weighted by Gasteiger charge is 2.27. The van der Waals surface area contributed by atoms with Gasteiger partial charge in [-0.2, -0.15) is 5.26 Å². The van der Waals surface area contributed by atoms with E-state index in [-0.39, 0.29) is 14.9 Å². The molecule has 1 heterocycles. The third-order valence-electron chi connectivity index (χ3n) is 3.33. The van der Waals surface area contributed by atoms with Crippen molar-refractivity contribution in [2.75, 3.05) is 0 Å². The van der Waals surface area contributed by atoms with Crippen LogP contribution in [0, 0.1) is 11.3 Å². The average molecular weight is 385 g/mol. The third-order valence-corrected chi connectivity index (χ3v) is 6.73. The van der Waals surface area contributed by atoms with Crippen LogP contribution in [0.3, 0.4) is 0 Å². The number of hydrogen-bond donors (Lipinski definition) is 0. The summed E-state index contributed by atoms with van der Waals surface area (Å²) in [4.78, 5) is 3.78. The van der Waals surface area contributed by atoms with Crippen LogP contribution in [-0.2, 0) is 9.84 Å². The van der Waals surface area contributed by atoms with Crippen LogP contribution in [-0.4, -0.2) is 13.4 Å². The lowest BCUT2D eigenvalue weighted by atomic mass is 10.4. The van der Waals surface area contributed by atoms with Gasteiger partial charge in [-0.3, -0.25) is 0 Å². The van der Waals surface area contributed by atoms with Gasteiger partial charge in [0.25, 0.3) is 0 Å². The van der Waals surface area contributed by atoms with E-state index in [9.17, 15) is 13.7 Å². The Balaban J connectivity index is 2.03. The first-order valence-electron chi connectivity index (χ1n) is 6.69. The highest BCUT2D eigenvalue weighted by Crippen LogP contribution is 2.41. The van der Waals surface area contributed by atoms with E-state index in [4.69, 9.17) is 23.2 Å². The predicted molar refractivity (Wildman–Crippen MR) is 91.3 cm³/mol. The molecule has 1 aromatic heterocycles. The summed E-state index contributed by atoms with van der Waals surface area (Å²) < 4.78 is 25.3. The fourth-order valence-electron chi connectivity index (χ4n) is 1.99. The number of sulfone groups is 1. The molecule has 0 atom stereocenters. The molecule has 118 valence electrons. The lowest BCUT2D eigenvalue weighted by molar-refractivity contribution is 0.603. The molecule has 0 radical (unpaired) electrons. The summed E-state index contributed by atoms with van der Waals surface area (Å²) in [7, 11) is -4.05. The van der Waals surface area contributed by atoms with E-state index in [1.54, 1.807) is 11.4 Å². The van der Waals surface area contributed by atoms with Crippen molar-refractivity contribution in [3.8, 4) is 6.07 Å². The molecule has 1 aliphatic rings. The standard InChI is InChI=1S/C15H10Cl2N2O2S2/c16-10-3-4-13(17)14(5-10)23(20,21)12(7-18)6-11-8-22-15(19-11)9-1-2-9/h3-6,8-9H,1-2H2/b12-6-. The molecule has 1 aliphatic carbocycles. The van der Waals surface area contributed by atoms with Gasteiger partial charge < -0.3 is 0 Å². The maximum Gasteiger partial charge on any atom is 0.218 e. The lowest BCUT2D eigenvalue weighted by Gasteiger charge is -2.05. The molecule has 0 N–H and O–H groups in total. The van der Waals surface area contributed by atoms with Crippen LogP contribution >= 0.6 is 34.5 Å². The van der Waals surface area contributed by atoms with Crippen LogP contribution in [0.1, 0.15) is 29.5 Å².